The zero-order valence-electron chi connectivity index (χ0n) is 14.7. The molecule has 0 saturated heterocycles. The molecule has 1 amide bonds. The van der Waals surface area contributed by atoms with Crippen molar-refractivity contribution in [1.82, 2.24) is 5.43 Å². The molecule has 0 unspecified atom stereocenters. The lowest BCUT2D eigenvalue weighted by molar-refractivity contribution is -0.385. The number of para-hydroxylation sites is 2. The Hall–Kier alpha value is -3.36. The molecule has 3 aromatic rings. The topological polar surface area (TPSA) is 107 Å². The third kappa shape index (κ3) is 5.34. The monoisotopic (exact) mass is 433 g/mol. The van der Waals surface area contributed by atoms with Crippen molar-refractivity contribution in [2.24, 2.45) is 5.10 Å². The van der Waals surface area contributed by atoms with Crippen LogP contribution in [-0.2, 0) is 4.79 Å². The second kappa shape index (κ2) is 9.22. The number of rotatable bonds is 7. The Kier molecular flexibility index (Phi) is 6.48. The molecule has 0 fully saturated rings. The van der Waals surface area contributed by atoms with Crippen LogP contribution in [0.15, 0.2) is 64.1 Å². The number of halogens is 2. The predicted molar refractivity (Wildman–Crippen MR) is 108 cm³/mol. The van der Waals surface area contributed by atoms with Gasteiger partial charge < -0.3 is 9.15 Å². The third-order valence-corrected chi connectivity index (χ3v) is 4.17. The van der Waals surface area contributed by atoms with Crippen LogP contribution in [0.25, 0.3) is 11.3 Å². The molecule has 0 aliphatic carbocycles. The van der Waals surface area contributed by atoms with Crippen LogP contribution in [0.1, 0.15) is 5.76 Å². The van der Waals surface area contributed by atoms with E-state index < -0.39 is 17.4 Å². The normalized spacial score (nSPS) is 10.8. The quantitative estimate of drug-likeness (QED) is 0.330. The number of hydrogen-bond donors (Lipinski definition) is 1. The number of amides is 1. The first-order chi connectivity index (χ1) is 13.9. The van der Waals surface area contributed by atoms with Gasteiger partial charge in [0.2, 0.25) is 0 Å². The summed E-state index contributed by atoms with van der Waals surface area (Å²) in [5.41, 5.74) is 2.69. The van der Waals surface area contributed by atoms with Gasteiger partial charge in [0.15, 0.2) is 12.4 Å². The molecule has 0 bridgehead atoms. The Morgan fingerprint density at radius 2 is 2.00 bits per heavy atom. The highest BCUT2D eigenvalue weighted by atomic mass is 35.5. The molecule has 29 heavy (non-hydrogen) atoms. The molecule has 3 rings (SSSR count). The zero-order valence-corrected chi connectivity index (χ0v) is 16.2. The Balaban J connectivity index is 1.56. The Morgan fingerprint density at radius 3 is 2.76 bits per heavy atom. The van der Waals surface area contributed by atoms with Gasteiger partial charge in [0.25, 0.3) is 5.91 Å². The van der Waals surface area contributed by atoms with Gasteiger partial charge in [0.1, 0.15) is 11.5 Å². The van der Waals surface area contributed by atoms with Gasteiger partial charge in [-0.3, -0.25) is 14.9 Å². The molecule has 0 saturated carbocycles. The summed E-state index contributed by atoms with van der Waals surface area (Å²) >= 11 is 12.0. The minimum atomic E-state index is -0.591. The first-order valence-corrected chi connectivity index (χ1v) is 8.93. The molecule has 2 aromatic carbocycles. The summed E-state index contributed by atoms with van der Waals surface area (Å²) in [7, 11) is 0. The van der Waals surface area contributed by atoms with Crippen LogP contribution in [0.3, 0.4) is 0 Å². The highest BCUT2D eigenvalue weighted by Crippen LogP contribution is 2.31. The van der Waals surface area contributed by atoms with Crippen molar-refractivity contribution < 1.29 is 18.9 Å². The van der Waals surface area contributed by atoms with Crippen molar-refractivity contribution in [3.8, 4) is 17.1 Å². The Morgan fingerprint density at radius 1 is 1.21 bits per heavy atom. The largest absolute Gasteiger partial charge is 0.477 e. The van der Waals surface area contributed by atoms with Crippen LogP contribution in [0.2, 0.25) is 10.0 Å². The van der Waals surface area contributed by atoms with Gasteiger partial charge in [-0.25, -0.2) is 5.43 Å². The fraction of sp³-hybridized carbons (Fsp3) is 0.0526. The molecule has 10 heteroatoms. The molecular weight excluding hydrogens is 421 g/mol. The summed E-state index contributed by atoms with van der Waals surface area (Å²) in [5, 5.41) is 15.6. The number of benzene rings is 2. The maximum absolute atomic E-state index is 11.8. The smallest absolute Gasteiger partial charge is 0.310 e. The van der Waals surface area contributed by atoms with Gasteiger partial charge >= 0.3 is 5.69 Å². The molecule has 0 spiro atoms. The number of carbonyl (C=O) groups excluding carboxylic acids is 1. The van der Waals surface area contributed by atoms with Crippen molar-refractivity contribution >= 4 is 41.0 Å². The Labute approximate surface area is 174 Å². The number of nitrogens with one attached hydrogen (secondary N) is 1. The van der Waals surface area contributed by atoms with E-state index in [4.69, 9.17) is 32.4 Å². The lowest BCUT2D eigenvalue weighted by Gasteiger charge is -2.05. The maximum atomic E-state index is 11.8. The minimum absolute atomic E-state index is 0.00727. The molecule has 0 atom stereocenters. The number of furan rings is 1. The second-order valence-corrected chi connectivity index (χ2v) is 6.48. The lowest BCUT2D eigenvalue weighted by Crippen LogP contribution is -2.24. The molecular formula is C19H13Cl2N3O5. The first-order valence-electron chi connectivity index (χ1n) is 8.17. The van der Waals surface area contributed by atoms with E-state index >= 15 is 0 Å². The predicted octanol–water partition coefficient (Wildman–Crippen LogP) is 4.69. The second-order valence-electron chi connectivity index (χ2n) is 5.63. The minimum Gasteiger partial charge on any atom is -0.477 e. The van der Waals surface area contributed by atoms with Crippen LogP contribution >= 0.6 is 23.2 Å². The molecule has 0 aliphatic heterocycles. The molecule has 8 nitrogen and oxygen atoms in total. The average Bonchev–Trinajstić information content (AvgIpc) is 3.15. The van der Waals surface area contributed by atoms with Crippen LogP contribution in [0.5, 0.6) is 5.75 Å². The number of nitro groups is 1. The van der Waals surface area contributed by atoms with Gasteiger partial charge in [0.05, 0.1) is 16.2 Å². The molecule has 1 aromatic heterocycles. The highest BCUT2D eigenvalue weighted by molar-refractivity contribution is 6.36. The van der Waals surface area contributed by atoms with Crippen LogP contribution in [-0.4, -0.2) is 23.7 Å². The van der Waals surface area contributed by atoms with Crippen LogP contribution < -0.4 is 10.2 Å². The maximum Gasteiger partial charge on any atom is 0.310 e. The lowest BCUT2D eigenvalue weighted by atomic mass is 10.2. The zero-order chi connectivity index (χ0) is 20.8. The summed E-state index contributed by atoms with van der Waals surface area (Å²) in [5.74, 6) is 0.296. The first kappa shape index (κ1) is 20.4. The van der Waals surface area contributed by atoms with E-state index in [1.165, 1.54) is 24.4 Å². The summed E-state index contributed by atoms with van der Waals surface area (Å²) in [6.45, 7) is -0.439. The van der Waals surface area contributed by atoms with Gasteiger partial charge in [-0.1, -0.05) is 35.3 Å². The van der Waals surface area contributed by atoms with E-state index in [2.05, 4.69) is 10.5 Å². The third-order valence-electron chi connectivity index (χ3n) is 3.63. The average molecular weight is 434 g/mol. The van der Waals surface area contributed by atoms with Gasteiger partial charge in [-0.05, 0) is 36.4 Å². The standard InChI is InChI=1S/C19H13Cl2N3O5/c20-12-5-7-14(15(21)9-12)17-8-6-13(29-17)10-22-23-19(25)11-28-18-4-2-1-3-16(18)24(26)27/h1-10H,11H2,(H,23,25)/b22-10-. The van der Waals surface area contributed by atoms with E-state index in [0.29, 0.717) is 27.1 Å². The summed E-state index contributed by atoms with van der Waals surface area (Å²) in [4.78, 5) is 22.1. The molecule has 148 valence electrons. The fourth-order valence-electron chi connectivity index (χ4n) is 2.33. The number of ether oxygens (including phenoxy) is 1. The molecule has 1 N–H and O–H groups in total. The molecule has 0 aliphatic rings. The number of hydrazone groups is 1. The summed E-state index contributed by atoms with van der Waals surface area (Å²) in [6.07, 6.45) is 1.30. The van der Waals surface area contributed by atoms with Crippen molar-refractivity contribution in [2.45, 2.75) is 0 Å². The number of hydrogen-bond acceptors (Lipinski definition) is 6. The fourth-order valence-corrected chi connectivity index (χ4v) is 2.83. The summed E-state index contributed by atoms with van der Waals surface area (Å²) < 4.78 is 10.8. The van der Waals surface area contributed by atoms with Crippen molar-refractivity contribution in [1.29, 1.82) is 0 Å². The van der Waals surface area contributed by atoms with Gasteiger partial charge in [-0.2, -0.15) is 5.10 Å². The SMILES string of the molecule is O=C(COc1ccccc1[N+](=O)[O-])N/N=C\c1ccc(-c2ccc(Cl)cc2Cl)o1. The molecule has 0 radical (unpaired) electrons. The van der Waals surface area contributed by atoms with E-state index in [9.17, 15) is 14.9 Å². The van der Waals surface area contributed by atoms with E-state index in [1.807, 2.05) is 0 Å². The number of nitrogens with zero attached hydrogens (tertiary/aromatic N) is 2. The van der Waals surface area contributed by atoms with Crippen molar-refractivity contribution in [3.05, 3.63) is 80.5 Å². The van der Waals surface area contributed by atoms with Crippen LogP contribution in [0, 0.1) is 10.1 Å². The van der Waals surface area contributed by atoms with Crippen molar-refractivity contribution in [2.75, 3.05) is 6.61 Å². The van der Waals surface area contributed by atoms with Crippen molar-refractivity contribution in [3.63, 3.8) is 0 Å². The van der Waals surface area contributed by atoms with E-state index in [-0.39, 0.29) is 11.4 Å². The van der Waals surface area contributed by atoms with Gasteiger partial charge in [0, 0.05) is 16.7 Å². The number of nitro benzene ring substituents is 1. The van der Waals surface area contributed by atoms with E-state index in [0.717, 1.165) is 0 Å². The summed E-state index contributed by atoms with van der Waals surface area (Å²) in [6, 6.07) is 14.1. The van der Waals surface area contributed by atoms with Crippen LogP contribution in [0.4, 0.5) is 5.69 Å². The number of carbonyl (C=O) groups is 1. The van der Waals surface area contributed by atoms with E-state index in [1.54, 1.807) is 36.4 Å². The Bertz CT molecular complexity index is 1080. The molecule has 1 heterocycles. The highest BCUT2D eigenvalue weighted by Gasteiger charge is 2.14. The van der Waals surface area contributed by atoms with Gasteiger partial charge in [-0.15, -0.1) is 0 Å².